The first kappa shape index (κ1) is 14.5. The average Bonchev–Trinajstić information content (AvgIpc) is 2.89. The maximum absolute atomic E-state index is 12.5. The molecule has 1 fully saturated rings. The van der Waals surface area contributed by atoms with Gasteiger partial charge in [-0.05, 0) is 36.6 Å². The molecule has 19 heavy (non-hydrogen) atoms. The smallest absolute Gasteiger partial charge is 0.240 e. The molecule has 1 aromatic rings. The van der Waals surface area contributed by atoms with Gasteiger partial charge in [0.05, 0.1) is 11.6 Å². The molecule has 1 aliphatic carbocycles. The minimum absolute atomic E-state index is 0.0271. The number of carbonyl (C=O) groups is 1. The molecule has 1 aliphatic rings. The van der Waals surface area contributed by atoms with Crippen LogP contribution in [0.4, 0.5) is 0 Å². The topological polar surface area (TPSA) is 55.1 Å². The highest BCUT2D eigenvalue weighted by atomic mass is 32.1. The zero-order valence-corrected chi connectivity index (χ0v) is 12.6. The fourth-order valence-corrected chi connectivity index (χ4v) is 3.83. The molecular weight excluding hydrogens is 256 g/mol. The van der Waals surface area contributed by atoms with E-state index in [0.717, 1.165) is 25.7 Å². The van der Waals surface area contributed by atoms with Crippen LogP contribution in [0.1, 0.15) is 56.9 Å². The van der Waals surface area contributed by atoms with Gasteiger partial charge in [0.2, 0.25) is 5.91 Å². The summed E-state index contributed by atoms with van der Waals surface area (Å²) in [6.07, 6.45) is 4.76. The second-order valence-electron chi connectivity index (χ2n) is 5.81. The summed E-state index contributed by atoms with van der Waals surface area (Å²) in [5, 5.41) is 5.19. The maximum Gasteiger partial charge on any atom is 0.240 e. The van der Waals surface area contributed by atoms with Gasteiger partial charge in [0.15, 0.2) is 0 Å². The van der Waals surface area contributed by atoms with Gasteiger partial charge in [-0.2, -0.15) is 0 Å². The second kappa shape index (κ2) is 6.06. The highest BCUT2D eigenvalue weighted by molar-refractivity contribution is 7.10. The predicted octanol–water partition coefficient (Wildman–Crippen LogP) is 3.22. The number of amides is 1. The van der Waals surface area contributed by atoms with E-state index in [-0.39, 0.29) is 11.9 Å². The first-order chi connectivity index (χ1) is 9.05. The van der Waals surface area contributed by atoms with Crippen molar-refractivity contribution in [2.75, 3.05) is 0 Å². The normalized spacial score (nSPS) is 28.9. The van der Waals surface area contributed by atoms with Gasteiger partial charge >= 0.3 is 0 Å². The van der Waals surface area contributed by atoms with E-state index in [1.807, 2.05) is 11.4 Å². The Morgan fingerprint density at radius 2 is 2.47 bits per heavy atom. The van der Waals surface area contributed by atoms with Crippen LogP contribution in [0.3, 0.4) is 0 Å². The summed E-state index contributed by atoms with van der Waals surface area (Å²) in [5.74, 6) is 0.575. The Morgan fingerprint density at radius 3 is 3.05 bits per heavy atom. The molecule has 3 N–H and O–H groups in total. The Kier molecular flexibility index (Phi) is 4.63. The molecule has 1 heterocycles. The Balaban J connectivity index is 2.03. The third-order valence-electron chi connectivity index (χ3n) is 4.08. The van der Waals surface area contributed by atoms with Gasteiger partial charge in [-0.1, -0.05) is 32.8 Å². The van der Waals surface area contributed by atoms with Gasteiger partial charge in [-0.15, -0.1) is 11.3 Å². The van der Waals surface area contributed by atoms with Crippen LogP contribution in [0.5, 0.6) is 0 Å². The Morgan fingerprint density at radius 1 is 1.68 bits per heavy atom. The summed E-state index contributed by atoms with van der Waals surface area (Å²) in [7, 11) is 0. The SMILES string of the molecule is CCC(NC(=O)C1(N)CCCC(C)C1)c1cccs1. The van der Waals surface area contributed by atoms with Gasteiger partial charge in [-0.3, -0.25) is 4.79 Å². The molecule has 0 aromatic carbocycles. The number of rotatable bonds is 4. The second-order valence-corrected chi connectivity index (χ2v) is 6.79. The molecule has 1 saturated carbocycles. The first-order valence-corrected chi connectivity index (χ1v) is 8.06. The van der Waals surface area contributed by atoms with Crippen LogP contribution in [0.25, 0.3) is 0 Å². The van der Waals surface area contributed by atoms with Crippen LogP contribution < -0.4 is 11.1 Å². The molecule has 0 saturated heterocycles. The van der Waals surface area contributed by atoms with Crippen LogP contribution in [0.15, 0.2) is 17.5 Å². The van der Waals surface area contributed by atoms with E-state index >= 15 is 0 Å². The standard InChI is InChI=1S/C15H24N2OS/c1-3-12(13-7-5-9-19-13)17-14(18)15(16)8-4-6-11(2)10-15/h5,7,9,11-12H,3-4,6,8,10,16H2,1-2H3,(H,17,18). The summed E-state index contributed by atoms with van der Waals surface area (Å²) >= 11 is 1.69. The van der Waals surface area contributed by atoms with E-state index in [9.17, 15) is 4.79 Å². The largest absolute Gasteiger partial charge is 0.347 e. The molecule has 0 radical (unpaired) electrons. The lowest BCUT2D eigenvalue weighted by molar-refractivity contribution is -0.128. The van der Waals surface area contributed by atoms with E-state index in [0.29, 0.717) is 5.92 Å². The Labute approximate surface area is 119 Å². The molecule has 106 valence electrons. The Hall–Kier alpha value is -0.870. The number of nitrogens with two attached hydrogens (primary N) is 1. The number of carbonyl (C=O) groups excluding carboxylic acids is 1. The van der Waals surface area contributed by atoms with E-state index in [2.05, 4.69) is 25.2 Å². The molecule has 0 spiro atoms. The quantitative estimate of drug-likeness (QED) is 0.889. The fourth-order valence-electron chi connectivity index (χ4n) is 2.96. The summed E-state index contributed by atoms with van der Waals surface area (Å²) < 4.78 is 0. The van der Waals surface area contributed by atoms with Crippen molar-refractivity contribution in [1.82, 2.24) is 5.32 Å². The number of thiophene rings is 1. The van der Waals surface area contributed by atoms with E-state index in [4.69, 9.17) is 5.73 Å². The van der Waals surface area contributed by atoms with E-state index < -0.39 is 5.54 Å². The van der Waals surface area contributed by atoms with Crippen molar-refractivity contribution >= 4 is 17.2 Å². The third-order valence-corrected chi connectivity index (χ3v) is 5.07. The highest BCUT2D eigenvalue weighted by Gasteiger charge is 2.38. The molecule has 1 amide bonds. The van der Waals surface area contributed by atoms with Crippen LogP contribution in [0.2, 0.25) is 0 Å². The van der Waals surface area contributed by atoms with Crippen molar-refractivity contribution in [2.45, 2.75) is 57.5 Å². The molecule has 3 atom stereocenters. The van der Waals surface area contributed by atoms with Gasteiger partial charge in [0, 0.05) is 4.88 Å². The Bertz CT molecular complexity index is 418. The average molecular weight is 280 g/mol. The monoisotopic (exact) mass is 280 g/mol. The molecule has 3 unspecified atom stereocenters. The lowest BCUT2D eigenvalue weighted by Gasteiger charge is -2.36. The van der Waals surface area contributed by atoms with Crippen molar-refractivity contribution in [1.29, 1.82) is 0 Å². The van der Waals surface area contributed by atoms with E-state index in [1.54, 1.807) is 11.3 Å². The maximum atomic E-state index is 12.5. The molecule has 0 aliphatic heterocycles. The summed E-state index contributed by atoms with van der Waals surface area (Å²) in [5.41, 5.74) is 5.68. The van der Waals surface area contributed by atoms with Gasteiger partial charge in [0.1, 0.15) is 0 Å². The van der Waals surface area contributed by atoms with Crippen molar-refractivity contribution < 1.29 is 4.79 Å². The van der Waals surface area contributed by atoms with Gasteiger partial charge < -0.3 is 11.1 Å². The third kappa shape index (κ3) is 3.37. The zero-order valence-electron chi connectivity index (χ0n) is 11.8. The molecule has 1 aromatic heterocycles. The van der Waals surface area contributed by atoms with Crippen molar-refractivity contribution in [3.8, 4) is 0 Å². The van der Waals surface area contributed by atoms with Crippen molar-refractivity contribution in [3.63, 3.8) is 0 Å². The zero-order chi connectivity index (χ0) is 13.9. The number of nitrogens with one attached hydrogen (secondary N) is 1. The van der Waals surface area contributed by atoms with Crippen LogP contribution in [0, 0.1) is 5.92 Å². The van der Waals surface area contributed by atoms with Crippen molar-refractivity contribution in [2.24, 2.45) is 11.7 Å². The number of hydrogen-bond acceptors (Lipinski definition) is 3. The molecule has 3 nitrogen and oxygen atoms in total. The van der Waals surface area contributed by atoms with Gasteiger partial charge in [0.25, 0.3) is 0 Å². The van der Waals surface area contributed by atoms with E-state index in [1.165, 1.54) is 11.3 Å². The van der Waals surface area contributed by atoms with Crippen molar-refractivity contribution in [3.05, 3.63) is 22.4 Å². The lowest BCUT2D eigenvalue weighted by Crippen LogP contribution is -2.56. The predicted molar refractivity (Wildman–Crippen MR) is 80.0 cm³/mol. The van der Waals surface area contributed by atoms with Crippen LogP contribution in [-0.2, 0) is 4.79 Å². The first-order valence-electron chi connectivity index (χ1n) is 7.18. The van der Waals surface area contributed by atoms with Gasteiger partial charge in [-0.25, -0.2) is 0 Å². The van der Waals surface area contributed by atoms with Crippen LogP contribution >= 0.6 is 11.3 Å². The highest BCUT2D eigenvalue weighted by Crippen LogP contribution is 2.31. The minimum atomic E-state index is -0.664. The molecule has 4 heteroatoms. The summed E-state index contributed by atoms with van der Waals surface area (Å²) in [6, 6.07) is 4.20. The lowest BCUT2D eigenvalue weighted by atomic mass is 9.76. The van der Waals surface area contributed by atoms with Crippen LogP contribution in [-0.4, -0.2) is 11.4 Å². The molecule has 2 rings (SSSR count). The summed E-state index contributed by atoms with van der Waals surface area (Å²) in [4.78, 5) is 13.7. The molecular formula is C15H24N2OS. The fraction of sp³-hybridized carbons (Fsp3) is 0.667. The minimum Gasteiger partial charge on any atom is -0.347 e. The summed E-state index contributed by atoms with van der Waals surface area (Å²) in [6.45, 7) is 4.28. The number of hydrogen-bond donors (Lipinski definition) is 2. The molecule has 0 bridgehead atoms.